The molecule has 3 nitrogen and oxygen atoms in total. The van der Waals surface area contributed by atoms with Gasteiger partial charge in [-0.15, -0.1) is 0 Å². The molecular formula is C29H44O3. The molecule has 0 aliphatic heterocycles. The van der Waals surface area contributed by atoms with E-state index in [4.69, 9.17) is 9.84 Å². The fourth-order valence-electron chi connectivity index (χ4n) is 3.84. The van der Waals surface area contributed by atoms with Gasteiger partial charge in [-0.05, 0) is 62.6 Å². The number of esters is 1. The van der Waals surface area contributed by atoms with Crippen molar-refractivity contribution < 1.29 is 14.6 Å². The van der Waals surface area contributed by atoms with Crippen LogP contribution in [0, 0.1) is 0 Å². The van der Waals surface area contributed by atoms with Gasteiger partial charge in [0.25, 0.3) is 0 Å². The minimum Gasteiger partial charge on any atom is -0.465 e. The molecule has 1 N–H and O–H groups in total. The van der Waals surface area contributed by atoms with Crippen molar-refractivity contribution in [2.45, 2.75) is 98.5 Å². The van der Waals surface area contributed by atoms with Crippen molar-refractivity contribution in [2.24, 2.45) is 0 Å². The van der Waals surface area contributed by atoms with Crippen molar-refractivity contribution >= 4 is 5.97 Å². The molecule has 0 saturated heterocycles. The number of rotatable bonds is 4. The van der Waals surface area contributed by atoms with Crippen LogP contribution >= 0.6 is 0 Å². The van der Waals surface area contributed by atoms with Gasteiger partial charge in [0.2, 0.25) is 0 Å². The summed E-state index contributed by atoms with van der Waals surface area (Å²) in [5.74, 6) is 0.631. The predicted molar refractivity (Wildman–Crippen MR) is 136 cm³/mol. The van der Waals surface area contributed by atoms with Crippen LogP contribution in [0.4, 0.5) is 0 Å². The average molecular weight is 441 g/mol. The van der Waals surface area contributed by atoms with Crippen LogP contribution in [0.2, 0.25) is 0 Å². The molecule has 0 saturated carbocycles. The van der Waals surface area contributed by atoms with E-state index in [1.54, 1.807) is 0 Å². The third kappa shape index (κ3) is 7.48. The first kappa shape index (κ1) is 27.9. The van der Waals surface area contributed by atoms with E-state index in [-0.39, 0.29) is 23.4 Å². The Balaban J connectivity index is 0.000000323. The summed E-state index contributed by atoms with van der Waals surface area (Å²) in [5.41, 5.74) is 7.15. The first-order chi connectivity index (χ1) is 14.6. The number of hydrogen-bond acceptors (Lipinski definition) is 3. The van der Waals surface area contributed by atoms with E-state index in [1.807, 2.05) is 24.3 Å². The summed E-state index contributed by atoms with van der Waals surface area (Å²) in [4.78, 5) is 11.5. The summed E-state index contributed by atoms with van der Waals surface area (Å²) in [7, 11) is 1.41. The molecule has 0 amide bonds. The second-order valence-electron chi connectivity index (χ2n) is 11.2. The Hall–Kier alpha value is -2.13. The number of carbonyl (C=O) groups is 1. The fourth-order valence-corrected chi connectivity index (χ4v) is 3.84. The van der Waals surface area contributed by atoms with Gasteiger partial charge in [0.1, 0.15) is 0 Å². The van der Waals surface area contributed by atoms with Crippen LogP contribution in [-0.2, 0) is 22.2 Å². The van der Waals surface area contributed by atoms with Crippen LogP contribution in [-0.4, -0.2) is 18.2 Å². The largest absolute Gasteiger partial charge is 0.465 e. The maximum absolute atomic E-state index is 11.5. The second kappa shape index (κ2) is 11.1. The van der Waals surface area contributed by atoms with Crippen LogP contribution < -0.4 is 0 Å². The standard InChI is InChI=1S/C15H22O2.C14H22O/c1-10(2)12-9-11(14(16)17-6)7-8-13(12)15(3,4)5;1-10(2)12-8-11(9-15)6-7-13(12)14(3,4)5/h7-10H,1-6H3;6-8,10,15H,9H2,1-5H3. The lowest BCUT2D eigenvalue weighted by atomic mass is 9.80. The highest BCUT2D eigenvalue weighted by atomic mass is 16.5. The number of carbonyl (C=O) groups excluding carboxylic acids is 1. The topological polar surface area (TPSA) is 46.5 Å². The molecule has 0 aliphatic carbocycles. The van der Waals surface area contributed by atoms with Crippen molar-refractivity contribution in [3.05, 3.63) is 69.8 Å². The monoisotopic (exact) mass is 440 g/mol. The molecule has 0 bridgehead atoms. The first-order valence-corrected chi connectivity index (χ1v) is 11.6. The summed E-state index contributed by atoms with van der Waals surface area (Å²) in [6.45, 7) is 22.1. The average Bonchev–Trinajstić information content (AvgIpc) is 2.71. The Bertz CT molecular complexity index is 894. The second-order valence-corrected chi connectivity index (χ2v) is 11.2. The molecule has 0 heterocycles. The first-order valence-electron chi connectivity index (χ1n) is 11.6. The predicted octanol–water partition coefficient (Wildman–Crippen LogP) is 7.49. The Morgan fingerprint density at radius 2 is 1.25 bits per heavy atom. The Labute approximate surface area is 196 Å². The summed E-state index contributed by atoms with van der Waals surface area (Å²) < 4.78 is 4.76. The number of aliphatic hydroxyl groups is 1. The SMILES string of the molecule is CC(C)c1cc(CO)ccc1C(C)(C)C.COC(=O)c1ccc(C(C)(C)C)c(C(C)C)c1. The molecular weight excluding hydrogens is 396 g/mol. The van der Waals surface area contributed by atoms with Crippen molar-refractivity contribution in [1.82, 2.24) is 0 Å². The van der Waals surface area contributed by atoms with Crippen LogP contribution in [0.15, 0.2) is 36.4 Å². The van der Waals surface area contributed by atoms with E-state index in [0.29, 0.717) is 17.4 Å². The zero-order valence-corrected chi connectivity index (χ0v) is 22.1. The van der Waals surface area contributed by atoms with E-state index < -0.39 is 0 Å². The lowest BCUT2D eigenvalue weighted by molar-refractivity contribution is 0.0600. The van der Waals surface area contributed by atoms with Gasteiger partial charge >= 0.3 is 5.97 Å². The molecule has 0 fully saturated rings. The van der Waals surface area contributed by atoms with Crippen LogP contribution in [0.5, 0.6) is 0 Å². The quantitative estimate of drug-likeness (QED) is 0.501. The smallest absolute Gasteiger partial charge is 0.337 e. The molecule has 0 aliphatic rings. The highest BCUT2D eigenvalue weighted by molar-refractivity contribution is 5.89. The van der Waals surface area contributed by atoms with Gasteiger partial charge in [0.15, 0.2) is 0 Å². The number of aliphatic hydroxyl groups excluding tert-OH is 1. The molecule has 2 aromatic carbocycles. The maximum atomic E-state index is 11.5. The highest BCUT2D eigenvalue weighted by Crippen LogP contribution is 2.32. The van der Waals surface area contributed by atoms with Crippen molar-refractivity contribution in [3.63, 3.8) is 0 Å². The Kier molecular flexibility index (Phi) is 9.71. The minimum atomic E-state index is -0.271. The number of ether oxygens (including phenoxy) is 1. The Morgan fingerprint density at radius 3 is 1.62 bits per heavy atom. The lowest BCUT2D eigenvalue weighted by Gasteiger charge is -2.25. The molecule has 0 aromatic heterocycles. The summed E-state index contributed by atoms with van der Waals surface area (Å²) in [6, 6.07) is 12.1. The summed E-state index contributed by atoms with van der Waals surface area (Å²) in [5, 5.41) is 9.14. The molecule has 2 rings (SSSR count). The van der Waals surface area contributed by atoms with Gasteiger partial charge in [-0.1, -0.05) is 93.5 Å². The van der Waals surface area contributed by atoms with Gasteiger partial charge < -0.3 is 9.84 Å². The van der Waals surface area contributed by atoms with Crippen LogP contribution in [0.3, 0.4) is 0 Å². The molecule has 3 heteroatoms. The molecule has 0 atom stereocenters. The number of methoxy groups -OCH3 is 1. The Morgan fingerprint density at radius 1 is 0.812 bits per heavy atom. The normalized spacial score (nSPS) is 11.9. The van der Waals surface area contributed by atoms with E-state index in [0.717, 1.165) is 5.56 Å². The van der Waals surface area contributed by atoms with Gasteiger partial charge in [0.05, 0.1) is 19.3 Å². The third-order valence-electron chi connectivity index (χ3n) is 5.63. The zero-order chi connectivity index (χ0) is 24.9. The van der Waals surface area contributed by atoms with E-state index >= 15 is 0 Å². The van der Waals surface area contributed by atoms with E-state index in [9.17, 15) is 4.79 Å². The molecule has 0 radical (unpaired) electrons. The number of hydrogen-bond donors (Lipinski definition) is 1. The summed E-state index contributed by atoms with van der Waals surface area (Å²) in [6.07, 6.45) is 0. The third-order valence-corrected chi connectivity index (χ3v) is 5.63. The minimum absolute atomic E-state index is 0.0915. The van der Waals surface area contributed by atoms with Gasteiger partial charge in [0, 0.05) is 0 Å². The van der Waals surface area contributed by atoms with Crippen molar-refractivity contribution in [2.75, 3.05) is 7.11 Å². The molecule has 0 spiro atoms. The molecule has 32 heavy (non-hydrogen) atoms. The fraction of sp³-hybridized carbons (Fsp3) is 0.552. The van der Waals surface area contributed by atoms with E-state index in [1.165, 1.54) is 29.4 Å². The maximum Gasteiger partial charge on any atom is 0.337 e. The van der Waals surface area contributed by atoms with Gasteiger partial charge in [-0.25, -0.2) is 4.79 Å². The van der Waals surface area contributed by atoms with Gasteiger partial charge in [-0.3, -0.25) is 0 Å². The van der Waals surface area contributed by atoms with E-state index in [2.05, 4.69) is 81.4 Å². The molecule has 178 valence electrons. The number of benzene rings is 2. The summed E-state index contributed by atoms with van der Waals surface area (Å²) >= 11 is 0. The van der Waals surface area contributed by atoms with Crippen LogP contribution in [0.25, 0.3) is 0 Å². The van der Waals surface area contributed by atoms with Crippen molar-refractivity contribution in [1.29, 1.82) is 0 Å². The van der Waals surface area contributed by atoms with Gasteiger partial charge in [-0.2, -0.15) is 0 Å². The van der Waals surface area contributed by atoms with Crippen LogP contribution in [0.1, 0.15) is 119 Å². The van der Waals surface area contributed by atoms with Crippen molar-refractivity contribution in [3.8, 4) is 0 Å². The lowest BCUT2D eigenvalue weighted by Crippen LogP contribution is -2.16. The highest BCUT2D eigenvalue weighted by Gasteiger charge is 2.21. The molecule has 2 aromatic rings. The molecule has 0 unspecified atom stereocenters. The zero-order valence-electron chi connectivity index (χ0n) is 22.1.